The molecule has 0 aliphatic rings. The Hall–Kier alpha value is -3.18. The molecule has 0 amide bonds. The Bertz CT molecular complexity index is 1060. The number of halogens is 1. The van der Waals surface area contributed by atoms with Crippen molar-refractivity contribution in [3.05, 3.63) is 94.4 Å². The quantitative estimate of drug-likeness (QED) is 0.461. The minimum Gasteiger partial charge on any atom is -0.489 e. The molecule has 0 unspecified atom stereocenters. The lowest BCUT2D eigenvalue weighted by Crippen LogP contribution is -2.00. The molecule has 6 heteroatoms. The zero-order valence-corrected chi connectivity index (χ0v) is 15.4. The number of hydrogen-bond donors (Lipinski definition) is 3. The second kappa shape index (κ2) is 8.47. The van der Waals surface area contributed by atoms with Gasteiger partial charge in [0, 0.05) is 12.2 Å². The minimum atomic E-state index is -0.191. The van der Waals surface area contributed by atoms with E-state index in [0.717, 1.165) is 33.6 Å². The van der Waals surface area contributed by atoms with Gasteiger partial charge < -0.3 is 20.0 Å². The molecule has 4 rings (SSSR count). The Labute approximate surface area is 162 Å². The maximum atomic E-state index is 11.3. The lowest BCUT2D eigenvalue weighted by atomic mass is 10.2. The highest BCUT2D eigenvalue weighted by Gasteiger charge is 2.01. The molecule has 0 radical (unpaired) electrons. The van der Waals surface area contributed by atoms with Crippen LogP contribution < -0.4 is 15.7 Å². The first kappa shape index (κ1) is 18.6. The molecule has 0 fully saturated rings. The highest BCUT2D eigenvalue weighted by Crippen LogP contribution is 2.17. The Morgan fingerprint density at radius 3 is 2.33 bits per heavy atom. The van der Waals surface area contributed by atoms with E-state index < -0.39 is 0 Å². The predicted octanol–water partition coefficient (Wildman–Crippen LogP) is 4.47. The fourth-order valence-electron chi connectivity index (χ4n) is 2.79. The van der Waals surface area contributed by atoms with E-state index in [1.54, 1.807) is 0 Å². The predicted molar refractivity (Wildman–Crippen MR) is 111 cm³/mol. The van der Waals surface area contributed by atoms with Gasteiger partial charge in [-0.2, -0.15) is 0 Å². The van der Waals surface area contributed by atoms with Crippen molar-refractivity contribution in [2.24, 2.45) is 0 Å². The summed E-state index contributed by atoms with van der Waals surface area (Å²) in [5.41, 5.74) is 4.67. The molecular formula is C21H20ClN3O2. The summed E-state index contributed by atoms with van der Waals surface area (Å²) in [7, 11) is 0. The second-order valence-electron chi connectivity index (χ2n) is 6.11. The molecule has 0 aliphatic carbocycles. The van der Waals surface area contributed by atoms with E-state index in [-0.39, 0.29) is 18.1 Å². The topological polar surface area (TPSA) is 69.9 Å². The van der Waals surface area contributed by atoms with E-state index in [2.05, 4.69) is 15.3 Å². The number of benzene rings is 3. The highest BCUT2D eigenvalue weighted by atomic mass is 35.5. The standard InChI is InChI=1S/C21H19N3O2.ClH/c25-21-23-19-11-8-17(12-20(19)24-21)22-13-15-6-9-18(10-7-15)26-14-16-4-2-1-3-5-16;/h1-12,22H,13-14H2,(H2,23,24,25);1H. The van der Waals surface area contributed by atoms with Gasteiger partial charge in [0.2, 0.25) is 0 Å². The third-order valence-corrected chi connectivity index (χ3v) is 4.18. The number of aromatic nitrogens is 2. The van der Waals surface area contributed by atoms with Crippen molar-refractivity contribution in [3.63, 3.8) is 0 Å². The first-order valence-corrected chi connectivity index (χ1v) is 8.48. The van der Waals surface area contributed by atoms with Crippen molar-refractivity contribution >= 4 is 29.1 Å². The summed E-state index contributed by atoms with van der Waals surface area (Å²) in [6.45, 7) is 1.26. The third kappa shape index (κ3) is 4.71. The second-order valence-corrected chi connectivity index (χ2v) is 6.11. The number of imidazole rings is 1. The van der Waals surface area contributed by atoms with E-state index in [0.29, 0.717) is 13.2 Å². The molecule has 0 atom stereocenters. The van der Waals surface area contributed by atoms with Crippen LogP contribution in [0.4, 0.5) is 5.69 Å². The van der Waals surface area contributed by atoms with Gasteiger partial charge in [0.1, 0.15) is 12.4 Å². The smallest absolute Gasteiger partial charge is 0.323 e. The van der Waals surface area contributed by atoms with Crippen molar-refractivity contribution in [2.75, 3.05) is 5.32 Å². The van der Waals surface area contributed by atoms with Gasteiger partial charge in [-0.15, -0.1) is 12.4 Å². The Morgan fingerprint density at radius 2 is 1.56 bits per heavy atom. The number of ether oxygens (including phenoxy) is 1. The summed E-state index contributed by atoms with van der Waals surface area (Å²) in [6.07, 6.45) is 0. The number of anilines is 1. The van der Waals surface area contributed by atoms with Crippen LogP contribution in [0.5, 0.6) is 5.75 Å². The van der Waals surface area contributed by atoms with E-state index >= 15 is 0 Å². The van der Waals surface area contributed by atoms with Crippen LogP contribution in [0, 0.1) is 0 Å². The molecule has 0 aliphatic heterocycles. The van der Waals surface area contributed by atoms with Crippen molar-refractivity contribution in [2.45, 2.75) is 13.2 Å². The van der Waals surface area contributed by atoms with E-state index in [9.17, 15) is 4.79 Å². The van der Waals surface area contributed by atoms with Crippen LogP contribution >= 0.6 is 12.4 Å². The van der Waals surface area contributed by atoms with Crippen LogP contribution in [0.15, 0.2) is 77.6 Å². The van der Waals surface area contributed by atoms with E-state index in [1.165, 1.54) is 0 Å². The third-order valence-electron chi connectivity index (χ3n) is 4.18. The molecule has 0 saturated heterocycles. The Kier molecular flexibility index (Phi) is 5.84. The molecule has 27 heavy (non-hydrogen) atoms. The molecule has 0 saturated carbocycles. The van der Waals surface area contributed by atoms with Crippen LogP contribution in [0.2, 0.25) is 0 Å². The summed E-state index contributed by atoms with van der Waals surface area (Å²) in [4.78, 5) is 16.8. The van der Waals surface area contributed by atoms with E-state index in [4.69, 9.17) is 4.74 Å². The summed E-state index contributed by atoms with van der Waals surface area (Å²) in [5.74, 6) is 0.851. The lowest BCUT2D eigenvalue weighted by molar-refractivity contribution is 0.306. The molecule has 0 spiro atoms. The largest absolute Gasteiger partial charge is 0.489 e. The molecule has 1 heterocycles. The first-order valence-electron chi connectivity index (χ1n) is 8.48. The fraction of sp³-hybridized carbons (Fsp3) is 0.0952. The van der Waals surface area contributed by atoms with Crippen molar-refractivity contribution in [1.82, 2.24) is 9.97 Å². The molecule has 138 valence electrons. The number of fused-ring (bicyclic) bond motifs is 1. The number of rotatable bonds is 6. The molecule has 5 nitrogen and oxygen atoms in total. The number of hydrogen-bond acceptors (Lipinski definition) is 3. The van der Waals surface area contributed by atoms with Crippen LogP contribution in [0.25, 0.3) is 11.0 Å². The SMILES string of the molecule is Cl.O=c1[nH]c2ccc(NCc3ccc(OCc4ccccc4)cc3)cc2[nH]1. The van der Waals surface area contributed by atoms with Gasteiger partial charge in [0.05, 0.1) is 11.0 Å². The summed E-state index contributed by atoms with van der Waals surface area (Å²) in [6, 6.07) is 23.9. The minimum absolute atomic E-state index is 0. The van der Waals surface area contributed by atoms with Gasteiger partial charge in [0.15, 0.2) is 0 Å². The van der Waals surface area contributed by atoms with Crippen molar-refractivity contribution in [3.8, 4) is 5.75 Å². The molecule has 3 aromatic carbocycles. The van der Waals surface area contributed by atoms with Crippen LogP contribution in [0.1, 0.15) is 11.1 Å². The van der Waals surface area contributed by atoms with Gasteiger partial charge in [-0.25, -0.2) is 4.79 Å². The molecule has 0 bridgehead atoms. The fourth-order valence-corrected chi connectivity index (χ4v) is 2.79. The maximum Gasteiger partial charge on any atom is 0.323 e. The zero-order valence-electron chi connectivity index (χ0n) is 14.6. The van der Waals surface area contributed by atoms with Crippen LogP contribution in [0.3, 0.4) is 0 Å². The summed E-state index contributed by atoms with van der Waals surface area (Å²) >= 11 is 0. The first-order chi connectivity index (χ1) is 12.8. The van der Waals surface area contributed by atoms with Crippen molar-refractivity contribution < 1.29 is 4.74 Å². The molecular weight excluding hydrogens is 362 g/mol. The van der Waals surface area contributed by atoms with Gasteiger partial charge in [-0.3, -0.25) is 0 Å². The van der Waals surface area contributed by atoms with Gasteiger partial charge in [-0.1, -0.05) is 42.5 Å². The lowest BCUT2D eigenvalue weighted by Gasteiger charge is -2.09. The van der Waals surface area contributed by atoms with Crippen LogP contribution in [-0.4, -0.2) is 9.97 Å². The van der Waals surface area contributed by atoms with Crippen molar-refractivity contribution in [1.29, 1.82) is 0 Å². The summed E-state index contributed by atoms with van der Waals surface area (Å²) < 4.78 is 5.80. The Balaban J connectivity index is 0.00000210. The van der Waals surface area contributed by atoms with Gasteiger partial charge in [0.25, 0.3) is 0 Å². The normalized spacial score (nSPS) is 10.4. The number of aromatic amines is 2. The maximum absolute atomic E-state index is 11.3. The molecule has 1 aromatic heterocycles. The van der Waals surface area contributed by atoms with E-state index in [1.807, 2.05) is 72.8 Å². The van der Waals surface area contributed by atoms with Crippen LogP contribution in [-0.2, 0) is 13.2 Å². The number of H-pyrrole nitrogens is 2. The van der Waals surface area contributed by atoms with Gasteiger partial charge >= 0.3 is 5.69 Å². The number of nitrogens with one attached hydrogen (secondary N) is 3. The summed E-state index contributed by atoms with van der Waals surface area (Å²) in [5, 5.41) is 3.36. The molecule has 3 N–H and O–H groups in total. The monoisotopic (exact) mass is 381 g/mol. The van der Waals surface area contributed by atoms with Gasteiger partial charge in [-0.05, 0) is 41.5 Å². The Morgan fingerprint density at radius 1 is 0.815 bits per heavy atom. The zero-order chi connectivity index (χ0) is 17.8. The molecule has 4 aromatic rings. The average Bonchev–Trinajstić information content (AvgIpc) is 3.05. The highest BCUT2D eigenvalue weighted by molar-refractivity contribution is 5.85. The average molecular weight is 382 g/mol.